The van der Waals surface area contributed by atoms with Crippen LogP contribution in [-0.4, -0.2) is 10.7 Å². The van der Waals surface area contributed by atoms with Gasteiger partial charge in [-0.15, -0.1) is 0 Å². The Hall–Kier alpha value is -0.0400. The Balaban J connectivity index is 0.847. The average Bonchev–Trinajstić information content (AvgIpc) is 3.67. The second-order valence-electron chi connectivity index (χ2n) is 23.4. The Morgan fingerprint density at radius 3 is 1.23 bits per heavy atom. The third-order valence-corrected chi connectivity index (χ3v) is 21.7. The van der Waals surface area contributed by atoms with Crippen molar-refractivity contribution < 1.29 is 5.11 Å². The van der Waals surface area contributed by atoms with E-state index in [0.717, 1.165) is 94.7 Å². The van der Waals surface area contributed by atoms with Gasteiger partial charge in [0.05, 0.1) is 5.60 Å². The topological polar surface area (TPSA) is 20.2 Å². The summed E-state index contributed by atoms with van der Waals surface area (Å²) in [6.07, 6.45) is 49.0. The van der Waals surface area contributed by atoms with Gasteiger partial charge in [0.25, 0.3) is 0 Å². The lowest BCUT2D eigenvalue weighted by Crippen LogP contribution is -2.45. The molecule has 0 aromatic carbocycles. The average molecular weight is 727 g/mol. The number of aliphatic hydroxyl groups is 1. The molecule has 0 heterocycles. The predicted octanol–water partition coefficient (Wildman–Crippen LogP) is 14.4. The van der Waals surface area contributed by atoms with Crippen LogP contribution in [0.1, 0.15) is 212 Å². The molecule has 0 aliphatic heterocycles. The van der Waals surface area contributed by atoms with Crippen LogP contribution in [0.3, 0.4) is 0 Å². The van der Waals surface area contributed by atoms with Crippen molar-refractivity contribution >= 4 is 0 Å². The van der Waals surface area contributed by atoms with Gasteiger partial charge in [0, 0.05) is 0 Å². The van der Waals surface area contributed by atoms with E-state index in [9.17, 15) is 5.11 Å². The highest BCUT2D eigenvalue weighted by Gasteiger charge is 2.62. The third-order valence-electron chi connectivity index (χ3n) is 21.7. The summed E-state index contributed by atoms with van der Waals surface area (Å²) < 4.78 is 0. The van der Waals surface area contributed by atoms with Gasteiger partial charge in [-0.05, 0) is 229 Å². The van der Waals surface area contributed by atoms with Gasteiger partial charge in [-0.3, -0.25) is 0 Å². The van der Waals surface area contributed by atoms with Crippen molar-refractivity contribution in [2.24, 2.45) is 107 Å². The Bertz CT molecular complexity index is 1120. The molecule has 53 heavy (non-hydrogen) atoms. The van der Waals surface area contributed by atoms with Crippen molar-refractivity contribution in [3.8, 4) is 0 Å². The van der Waals surface area contributed by atoms with Gasteiger partial charge in [-0.25, -0.2) is 0 Å². The van der Waals surface area contributed by atoms with E-state index in [1.807, 2.05) is 0 Å². The Labute approximate surface area is 328 Å². The molecule has 1 nitrogen and oxygen atoms in total. The summed E-state index contributed by atoms with van der Waals surface area (Å²) >= 11 is 0. The van der Waals surface area contributed by atoms with Crippen molar-refractivity contribution in [1.82, 2.24) is 0 Å². The van der Waals surface area contributed by atoms with E-state index < -0.39 is 5.60 Å². The summed E-state index contributed by atoms with van der Waals surface area (Å²) in [5.41, 5.74) is -0.412. The first kappa shape index (κ1) is 37.2. The molecule has 10 aliphatic carbocycles. The van der Waals surface area contributed by atoms with E-state index in [1.54, 1.807) is 103 Å². The van der Waals surface area contributed by atoms with E-state index in [0.29, 0.717) is 11.8 Å². The van der Waals surface area contributed by atoms with Crippen molar-refractivity contribution in [3.63, 3.8) is 0 Å². The number of fused-ring (bicyclic) bond motifs is 6. The molecule has 10 fully saturated rings. The minimum Gasteiger partial charge on any atom is -0.390 e. The standard InChI is InChI=1S/C52H86O/c1-52(53)48-32-40(28-30-44(48)45-31-29-41(33-49(45)52)51-46-18-10-8-16-42(46)43-17-9-11-19-47(43)51)50(38-24-20-36(21-25-38)34-12-4-2-5-13-34)39-26-22-37(23-27-39)35-14-6-3-7-15-35/h34-51,53H,2-33H2,1H3. The summed E-state index contributed by atoms with van der Waals surface area (Å²) in [7, 11) is 0. The van der Waals surface area contributed by atoms with Gasteiger partial charge in [-0.1, -0.05) is 89.9 Å². The monoisotopic (exact) mass is 727 g/mol. The van der Waals surface area contributed by atoms with Crippen molar-refractivity contribution in [3.05, 3.63) is 0 Å². The number of hydrogen-bond acceptors (Lipinski definition) is 1. The first-order chi connectivity index (χ1) is 26.0. The molecule has 1 heteroatoms. The molecule has 0 radical (unpaired) electrons. The molecule has 0 spiro atoms. The third kappa shape index (κ3) is 7.02. The van der Waals surface area contributed by atoms with Gasteiger partial charge in [0.2, 0.25) is 0 Å². The van der Waals surface area contributed by atoms with E-state index in [-0.39, 0.29) is 0 Å². The molecule has 0 aromatic rings. The molecule has 0 aromatic heterocycles. The van der Waals surface area contributed by atoms with Crippen LogP contribution < -0.4 is 0 Å². The molecule has 11 atom stereocenters. The first-order valence-electron chi connectivity index (χ1n) is 25.8. The SMILES string of the molecule is CC1(O)C2CC(C(C3CCC(C4CCCCC4)CC3)C3CCC(C4CCCCC4)CC3)CCC2C2CCC(C3C4CCCCC4C4CCCCC43)CC21. The molecule has 10 rings (SSSR count). The molecule has 0 amide bonds. The van der Waals surface area contributed by atoms with Crippen molar-refractivity contribution in [1.29, 1.82) is 0 Å². The molecular formula is C52H86O. The van der Waals surface area contributed by atoms with E-state index in [1.165, 1.54) is 103 Å². The van der Waals surface area contributed by atoms with Gasteiger partial charge < -0.3 is 5.11 Å². The zero-order valence-electron chi connectivity index (χ0n) is 35.0. The van der Waals surface area contributed by atoms with Crippen LogP contribution in [0.4, 0.5) is 0 Å². The van der Waals surface area contributed by atoms with Crippen LogP contribution in [0.25, 0.3) is 0 Å². The lowest BCUT2D eigenvalue weighted by molar-refractivity contribution is -0.0699. The zero-order valence-corrected chi connectivity index (χ0v) is 35.0. The fourth-order valence-electron chi connectivity index (χ4n) is 19.6. The summed E-state index contributed by atoms with van der Waals surface area (Å²) in [6, 6.07) is 0. The second kappa shape index (κ2) is 16.0. The maximum atomic E-state index is 13.0. The Morgan fingerprint density at radius 2 is 0.717 bits per heavy atom. The molecule has 0 saturated heterocycles. The van der Waals surface area contributed by atoms with E-state index >= 15 is 0 Å². The molecule has 10 aliphatic rings. The number of hydrogen-bond donors (Lipinski definition) is 1. The maximum Gasteiger partial charge on any atom is 0.0681 e. The minimum atomic E-state index is -0.412. The molecule has 10 saturated carbocycles. The van der Waals surface area contributed by atoms with Crippen LogP contribution in [0, 0.1) is 107 Å². The fourth-order valence-corrected chi connectivity index (χ4v) is 19.6. The Kier molecular flexibility index (Phi) is 11.2. The van der Waals surface area contributed by atoms with Crippen LogP contribution in [0.5, 0.6) is 0 Å². The van der Waals surface area contributed by atoms with Gasteiger partial charge in [0.1, 0.15) is 0 Å². The lowest BCUT2D eigenvalue weighted by Gasteiger charge is -2.49. The summed E-state index contributed by atoms with van der Waals surface area (Å²) in [4.78, 5) is 0. The van der Waals surface area contributed by atoms with E-state index in [4.69, 9.17) is 0 Å². The largest absolute Gasteiger partial charge is 0.390 e. The normalized spacial score (nSPS) is 51.8. The quantitative estimate of drug-likeness (QED) is 0.289. The van der Waals surface area contributed by atoms with Crippen LogP contribution >= 0.6 is 0 Å². The van der Waals surface area contributed by atoms with Crippen LogP contribution in [0.15, 0.2) is 0 Å². The molecule has 11 unspecified atom stereocenters. The minimum absolute atomic E-state index is 0.412. The molecule has 1 N–H and O–H groups in total. The highest BCUT2D eigenvalue weighted by molar-refractivity contribution is 5.12. The summed E-state index contributed by atoms with van der Waals surface area (Å²) in [5, 5.41) is 13.0. The van der Waals surface area contributed by atoms with Crippen molar-refractivity contribution in [2.75, 3.05) is 0 Å². The van der Waals surface area contributed by atoms with Gasteiger partial charge in [-0.2, -0.15) is 0 Å². The van der Waals surface area contributed by atoms with Crippen LogP contribution in [0.2, 0.25) is 0 Å². The summed E-state index contributed by atoms with van der Waals surface area (Å²) in [6.45, 7) is 2.43. The lowest BCUT2D eigenvalue weighted by atomic mass is 9.56. The first-order valence-corrected chi connectivity index (χ1v) is 25.8. The second-order valence-corrected chi connectivity index (χ2v) is 23.4. The highest BCUT2D eigenvalue weighted by atomic mass is 16.3. The van der Waals surface area contributed by atoms with Gasteiger partial charge in [0.15, 0.2) is 0 Å². The predicted molar refractivity (Wildman–Crippen MR) is 221 cm³/mol. The molecule has 0 bridgehead atoms. The maximum absolute atomic E-state index is 13.0. The smallest absolute Gasteiger partial charge is 0.0681 e. The summed E-state index contributed by atoms with van der Waals surface area (Å²) in [5.74, 6) is 17.3. The van der Waals surface area contributed by atoms with Gasteiger partial charge >= 0.3 is 0 Å². The number of rotatable bonds is 6. The zero-order chi connectivity index (χ0) is 35.5. The fraction of sp³-hybridized carbons (Fsp3) is 1.00. The highest BCUT2D eigenvalue weighted by Crippen LogP contribution is 2.67. The van der Waals surface area contributed by atoms with Crippen LogP contribution in [-0.2, 0) is 0 Å². The van der Waals surface area contributed by atoms with Crippen molar-refractivity contribution in [2.45, 2.75) is 218 Å². The van der Waals surface area contributed by atoms with E-state index in [2.05, 4.69) is 6.92 Å². The molecular weight excluding hydrogens is 641 g/mol. The Morgan fingerprint density at radius 1 is 0.340 bits per heavy atom. The molecule has 300 valence electrons.